The Morgan fingerprint density at radius 1 is 1.56 bits per heavy atom. The summed E-state index contributed by atoms with van der Waals surface area (Å²) in [6, 6.07) is 4.14. The van der Waals surface area contributed by atoms with Gasteiger partial charge in [0.25, 0.3) is 5.91 Å². The third kappa shape index (κ3) is 2.87. The van der Waals surface area contributed by atoms with E-state index in [1.807, 2.05) is 22.6 Å². The topological polar surface area (TPSA) is 49.0 Å². The van der Waals surface area contributed by atoms with E-state index in [-0.39, 0.29) is 11.7 Å². The Hall–Kier alpha value is -1.44. The largest absolute Gasteiger partial charge is 0.337 e. The number of H-pyrrole nitrogens is 1. The average molecular weight is 359 g/mol. The Balaban J connectivity index is 2.15. The Bertz CT molecular complexity index is 556. The van der Waals surface area contributed by atoms with Crippen LogP contribution in [0.25, 0.3) is 0 Å². The number of aromatic amines is 1. The van der Waals surface area contributed by atoms with E-state index in [4.69, 9.17) is 0 Å². The molecule has 0 bridgehead atoms. The molecule has 6 heteroatoms. The minimum Gasteiger partial charge on any atom is -0.337 e. The maximum absolute atomic E-state index is 13.0. The summed E-state index contributed by atoms with van der Waals surface area (Å²) in [6.07, 6.45) is 3.40. The van der Waals surface area contributed by atoms with Crippen molar-refractivity contribution in [1.29, 1.82) is 0 Å². The number of benzene rings is 1. The van der Waals surface area contributed by atoms with Gasteiger partial charge in [-0.1, -0.05) is 0 Å². The van der Waals surface area contributed by atoms with Gasteiger partial charge in [-0.25, -0.2) is 4.39 Å². The van der Waals surface area contributed by atoms with Crippen LogP contribution in [0, 0.1) is 9.39 Å². The number of aromatic nitrogens is 2. The fourth-order valence-electron chi connectivity index (χ4n) is 1.58. The number of carbonyl (C=O) groups is 1. The number of nitrogens with one attached hydrogen (secondary N) is 1. The van der Waals surface area contributed by atoms with Gasteiger partial charge in [-0.2, -0.15) is 5.10 Å². The highest BCUT2D eigenvalue weighted by Gasteiger charge is 2.15. The fourth-order valence-corrected chi connectivity index (χ4v) is 2.29. The van der Waals surface area contributed by atoms with Crippen LogP contribution in [-0.4, -0.2) is 28.1 Å². The molecule has 0 unspecified atom stereocenters. The first-order chi connectivity index (χ1) is 8.58. The molecule has 1 N–H and O–H groups in total. The number of halogens is 2. The van der Waals surface area contributed by atoms with Crippen molar-refractivity contribution in [2.45, 2.75) is 6.54 Å². The molecule has 2 rings (SSSR count). The van der Waals surface area contributed by atoms with Crippen LogP contribution in [0.4, 0.5) is 4.39 Å². The van der Waals surface area contributed by atoms with Crippen molar-refractivity contribution in [1.82, 2.24) is 15.1 Å². The number of hydrogen-bond donors (Lipinski definition) is 1. The predicted molar refractivity (Wildman–Crippen MR) is 73.5 cm³/mol. The number of nitrogens with zero attached hydrogens (tertiary/aromatic N) is 2. The number of carbonyl (C=O) groups excluding carboxylic acids is 1. The molecule has 0 aliphatic carbocycles. The molecule has 0 radical (unpaired) electrons. The van der Waals surface area contributed by atoms with Gasteiger partial charge in [0.05, 0.1) is 11.8 Å². The predicted octanol–water partition coefficient (Wildman–Crippen LogP) is 2.43. The van der Waals surface area contributed by atoms with Gasteiger partial charge in [0, 0.05) is 28.9 Å². The summed E-state index contributed by atoms with van der Waals surface area (Å²) in [5.74, 6) is -0.478. The van der Waals surface area contributed by atoms with E-state index in [0.717, 1.165) is 5.56 Å². The summed E-state index contributed by atoms with van der Waals surface area (Å²) in [6.45, 7) is 0.461. The molecule has 2 aromatic rings. The van der Waals surface area contributed by atoms with Crippen LogP contribution in [0.3, 0.4) is 0 Å². The molecule has 1 aromatic heterocycles. The fraction of sp³-hybridized carbons (Fsp3) is 0.167. The molecule has 94 valence electrons. The van der Waals surface area contributed by atoms with Crippen molar-refractivity contribution in [3.05, 3.63) is 51.1 Å². The van der Waals surface area contributed by atoms with Crippen LogP contribution in [0.2, 0.25) is 0 Å². The van der Waals surface area contributed by atoms with Crippen molar-refractivity contribution in [2.24, 2.45) is 0 Å². The third-order valence-corrected chi connectivity index (χ3v) is 3.38. The Labute approximate surface area is 117 Å². The minimum atomic E-state index is -0.339. The van der Waals surface area contributed by atoms with Crippen molar-refractivity contribution in [3.8, 4) is 0 Å². The normalized spacial score (nSPS) is 10.4. The molecule has 0 saturated carbocycles. The zero-order chi connectivity index (χ0) is 13.1. The summed E-state index contributed by atoms with van der Waals surface area (Å²) >= 11 is 1.96. The molecular formula is C12H11FIN3O. The second-order valence-corrected chi connectivity index (χ2v) is 5.05. The summed E-state index contributed by atoms with van der Waals surface area (Å²) in [5.41, 5.74) is 1.42. The lowest BCUT2D eigenvalue weighted by Crippen LogP contribution is -2.26. The molecule has 0 saturated heterocycles. The Morgan fingerprint density at radius 3 is 2.94 bits per heavy atom. The zero-order valence-electron chi connectivity index (χ0n) is 9.65. The van der Waals surface area contributed by atoms with Gasteiger partial charge < -0.3 is 4.90 Å². The maximum Gasteiger partial charge on any atom is 0.254 e. The van der Waals surface area contributed by atoms with E-state index >= 15 is 0 Å². The highest BCUT2D eigenvalue weighted by Crippen LogP contribution is 2.16. The smallest absolute Gasteiger partial charge is 0.254 e. The molecule has 18 heavy (non-hydrogen) atoms. The third-order valence-electron chi connectivity index (χ3n) is 2.48. The van der Waals surface area contributed by atoms with Gasteiger partial charge >= 0.3 is 0 Å². The Kier molecular flexibility index (Phi) is 3.95. The van der Waals surface area contributed by atoms with E-state index in [1.165, 1.54) is 18.2 Å². The van der Waals surface area contributed by atoms with E-state index in [9.17, 15) is 9.18 Å². The van der Waals surface area contributed by atoms with Crippen LogP contribution in [0.5, 0.6) is 0 Å². The van der Waals surface area contributed by atoms with Gasteiger partial charge in [0.15, 0.2) is 0 Å². The monoisotopic (exact) mass is 359 g/mol. The second-order valence-electron chi connectivity index (χ2n) is 3.89. The highest BCUT2D eigenvalue weighted by atomic mass is 127. The SMILES string of the molecule is CN(Cc1cn[nH]c1)C(=O)c1ccc(F)cc1I. The van der Waals surface area contributed by atoms with Crippen LogP contribution in [-0.2, 0) is 6.54 Å². The first-order valence-electron chi connectivity index (χ1n) is 5.26. The average Bonchev–Trinajstić information content (AvgIpc) is 2.81. The summed E-state index contributed by atoms with van der Waals surface area (Å²) in [5, 5.41) is 6.52. The molecular weight excluding hydrogens is 348 g/mol. The summed E-state index contributed by atoms with van der Waals surface area (Å²) in [7, 11) is 1.70. The van der Waals surface area contributed by atoms with Crippen molar-refractivity contribution >= 4 is 28.5 Å². The quantitative estimate of drug-likeness (QED) is 0.856. The molecule has 0 aliphatic rings. The van der Waals surface area contributed by atoms with Crippen LogP contribution in [0.15, 0.2) is 30.6 Å². The molecule has 1 heterocycles. The van der Waals surface area contributed by atoms with E-state index in [0.29, 0.717) is 15.7 Å². The van der Waals surface area contributed by atoms with E-state index in [2.05, 4.69) is 10.2 Å². The van der Waals surface area contributed by atoms with Gasteiger partial charge in [-0.3, -0.25) is 9.89 Å². The van der Waals surface area contributed by atoms with Crippen LogP contribution >= 0.6 is 22.6 Å². The van der Waals surface area contributed by atoms with Gasteiger partial charge in [0.1, 0.15) is 5.82 Å². The molecule has 0 atom stereocenters. The van der Waals surface area contributed by atoms with Crippen LogP contribution in [0.1, 0.15) is 15.9 Å². The minimum absolute atomic E-state index is 0.138. The van der Waals surface area contributed by atoms with Crippen molar-refractivity contribution in [2.75, 3.05) is 7.05 Å². The number of hydrogen-bond acceptors (Lipinski definition) is 2. The Morgan fingerprint density at radius 2 is 2.33 bits per heavy atom. The highest BCUT2D eigenvalue weighted by molar-refractivity contribution is 14.1. The lowest BCUT2D eigenvalue weighted by molar-refractivity contribution is 0.0784. The molecule has 4 nitrogen and oxygen atoms in total. The van der Waals surface area contributed by atoms with Crippen molar-refractivity contribution < 1.29 is 9.18 Å². The number of amides is 1. The van der Waals surface area contributed by atoms with Gasteiger partial charge in [0.2, 0.25) is 0 Å². The van der Waals surface area contributed by atoms with Crippen molar-refractivity contribution in [3.63, 3.8) is 0 Å². The maximum atomic E-state index is 13.0. The summed E-state index contributed by atoms with van der Waals surface area (Å²) in [4.78, 5) is 13.7. The van der Waals surface area contributed by atoms with Crippen LogP contribution < -0.4 is 0 Å². The second kappa shape index (κ2) is 5.47. The molecule has 0 aliphatic heterocycles. The van der Waals surface area contributed by atoms with Gasteiger partial charge in [-0.05, 0) is 40.8 Å². The first kappa shape index (κ1) is 13.0. The molecule has 0 fully saturated rings. The lowest BCUT2D eigenvalue weighted by Gasteiger charge is -2.17. The van der Waals surface area contributed by atoms with E-state index in [1.54, 1.807) is 24.3 Å². The molecule has 1 aromatic carbocycles. The first-order valence-corrected chi connectivity index (χ1v) is 6.34. The molecule has 0 spiro atoms. The van der Waals surface area contributed by atoms with Gasteiger partial charge in [-0.15, -0.1) is 0 Å². The molecule has 1 amide bonds. The standard InChI is InChI=1S/C12H11FIN3O/c1-17(7-8-5-15-16-6-8)12(18)10-3-2-9(13)4-11(10)14/h2-6H,7H2,1H3,(H,15,16). The van der Waals surface area contributed by atoms with E-state index < -0.39 is 0 Å². The number of rotatable bonds is 3. The lowest BCUT2D eigenvalue weighted by atomic mass is 10.2. The summed E-state index contributed by atoms with van der Waals surface area (Å²) < 4.78 is 13.6. The zero-order valence-corrected chi connectivity index (χ0v) is 11.8.